The van der Waals surface area contributed by atoms with E-state index in [4.69, 9.17) is 4.52 Å². The van der Waals surface area contributed by atoms with Crippen LogP contribution in [0.15, 0.2) is 47.0 Å². The third kappa shape index (κ3) is 3.91. The third-order valence-corrected chi connectivity index (χ3v) is 5.33. The second-order valence-electron chi connectivity index (χ2n) is 7.29. The molecule has 0 aliphatic carbocycles. The van der Waals surface area contributed by atoms with Gasteiger partial charge in [-0.05, 0) is 50.1 Å². The number of hydrogen-bond acceptors (Lipinski definition) is 6. The lowest BCUT2D eigenvalue weighted by Crippen LogP contribution is -2.38. The predicted octanol–water partition coefficient (Wildman–Crippen LogP) is 4.11. The number of piperidine rings is 1. The minimum Gasteiger partial charge on any atom is -0.339 e. The Balaban J connectivity index is 1.42. The Bertz CT molecular complexity index is 1090. The number of nitrogens with zero attached hydrogens (tertiary/aromatic N) is 4. The Labute approximate surface area is 171 Å². The molecule has 0 bridgehead atoms. The van der Waals surface area contributed by atoms with Gasteiger partial charge in [-0.25, -0.2) is 4.39 Å². The zero-order valence-corrected chi connectivity index (χ0v) is 16.2. The lowest BCUT2D eigenvalue weighted by Gasteiger charge is -2.30. The number of nitro benzene ring substituents is 1. The Hall–Kier alpha value is -3.62. The summed E-state index contributed by atoms with van der Waals surface area (Å²) in [6.07, 6.45) is 1.29. The van der Waals surface area contributed by atoms with Crippen LogP contribution in [-0.2, 0) is 0 Å². The van der Waals surface area contributed by atoms with Crippen LogP contribution >= 0.6 is 0 Å². The fourth-order valence-corrected chi connectivity index (χ4v) is 3.57. The minimum atomic E-state index is -0.480. The second kappa shape index (κ2) is 8.02. The maximum atomic E-state index is 13.1. The second-order valence-corrected chi connectivity index (χ2v) is 7.29. The number of benzene rings is 2. The molecule has 9 heteroatoms. The van der Waals surface area contributed by atoms with Gasteiger partial charge in [0.05, 0.1) is 4.92 Å². The molecule has 30 heavy (non-hydrogen) atoms. The van der Waals surface area contributed by atoms with Crippen LogP contribution in [0.25, 0.3) is 11.4 Å². The average Bonchev–Trinajstić information content (AvgIpc) is 3.24. The van der Waals surface area contributed by atoms with Gasteiger partial charge in [0.25, 0.3) is 11.6 Å². The van der Waals surface area contributed by atoms with Gasteiger partial charge in [0.2, 0.25) is 11.7 Å². The van der Waals surface area contributed by atoms with Crippen molar-refractivity contribution in [2.24, 2.45) is 0 Å². The number of likely N-dealkylation sites (tertiary alicyclic amines) is 1. The normalized spacial score (nSPS) is 14.7. The fraction of sp³-hybridized carbons (Fsp3) is 0.286. The van der Waals surface area contributed by atoms with Crippen LogP contribution in [0.4, 0.5) is 10.1 Å². The molecule has 1 amide bonds. The largest absolute Gasteiger partial charge is 0.339 e. The molecule has 3 aromatic rings. The molecular formula is C21H19FN4O4. The summed E-state index contributed by atoms with van der Waals surface area (Å²) in [7, 11) is 0. The molecular weight excluding hydrogens is 391 g/mol. The molecule has 0 N–H and O–H groups in total. The average molecular weight is 410 g/mol. The van der Waals surface area contributed by atoms with E-state index in [9.17, 15) is 19.3 Å². The summed E-state index contributed by atoms with van der Waals surface area (Å²) in [5, 5.41) is 15.1. The highest BCUT2D eigenvalue weighted by Crippen LogP contribution is 2.30. The number of amides is 1. The van der Waals surface area contributed by atoms with E-state index in [-0.39, 0.29) is 23.3 Å². The molecule has 0 atom stereocenters. The molecule has 2 aromatic carbocycles. The lowest BCUT2D eigenvalue weighted by molar-refractivity contribution is -0.385. The van der Waals surface area contributed by atoms with Gasteiger partial charge in [-0.15, -0.1) is 0 Å². The highest BCUT2D eigenvalue weighted by atomic mass is 19.1. The van der Waals surface area contributed by atoms with Crippen LogP contribution < -0.4 is 0 Å². The molecule has 1 aliphatic heterocycles. The minimum absolute atomic E-state index is 0.0168. The van der Waals surface area contributed by atoms with Gasteiger partial charge in [-0.3, -0.25) is 14.9 Å². The summed E-state index contributed by atoms with van der Waals surface area (Å²) in [5.74, 6) is 0.346. The quantitative estimate of drug-likeness (QED) is 0.474. The molecule has 1 saturated heterocycles. The summed E-state index contributed by atoms with van der Waals surface area (Å²) in [6.45, 7) is 2.61. The number of aromatic nitrogens is 2. The molecule has 1 fully saturated rings. The van der Waals surface area contributed by atoms with Crippen LogP contribution in [0.2, 0.25) is 0 Å². The van der Waals surface area contributed by atoms with Crippen molar-refractivity contribution in [3.8, 4) is 11.4 Å². The fourth-order valence-electron chi connectivity index (χ4n) is 3.57. The standard InChI is InChI=1S/C21H19FN4O4/c1-13-2-3-16(12-18(13)26(28)29)21(27)25-10-8-15(9-11-25)20-23-19(24-30-20)14-4-6-17(22)7-5-14/h2-7,12,15H,8-11H2,1H3. The molecule has 2 heterocycles. The van der Waals surface area contributed by atoms with E-state index in [0.717, 1.165) is 0 Å². The van der Waals surface area contributed by atoms with E-state index >= 15 is 0 Å². The Morgan fingerprint density at radius 3 is 2.57 bits per heavy atom. The highest BCUT2D eigenvalue weighted by molar-refractivity contribution is 5.95. The van der Waals surface area contributed by atoms with E-state index in [1.54, 1.807) is 36.1 Å². The van der Waals surface area contributed by atoms with Gasteiger partial charge in [0, 0.05) is 41.8 Å². The van der Waals surface area contributed by atoms with Crippen molar-refractivity contribution in [1.29, 1.82) is 0 Å². The van der Waals surface area contributed by atoms with Crippen LogP contribution in [0.3, 0.4) is 0 Å². The first kappa shape index (κ1) is 19.7. The Morgan fingerprint density at radius 1 is 1.20 bits per heavy atom. The van der Waals surface area contributed by atoms with Gasteiger partial charge in [0.1, 0.15) is 5.82 Å². The van der Waals surface area contributed by atoms with Crippen molar-refractivity contribution in [3.63, 3.8) is 0 Å². The summed E-state index contributed by atoms with van der Waals surface area (Å²) >= 11 is 0. The molecule has 0 spiro atoms. The summed E-state index contributed by atoms with van der Waals surface area (Å²) in [4.78, 5) is 29.5. The summed E-state index contributed by atoms with van der Waals surface area (Å²) in [5.41, 5.74) is 1.43. The van der Waals surface area contributed by atoms with Crippen molar-refractivity contribution in [2.75, 3.05) is 13.1 Å². The zero-order valence-electron chi connectivity index (χ0n) is 16.2. The monoisotopic (exact) mass is 410 g/mol. The van der Waals surface area contributed by atoms with E-state index in [2.05, 4.69) is 10.1 Å². The number of hydrogen-bond donors (Lipinski definition) is 0. The lowest BCUT2D eigenvalue weighted by atomic mass is 9.96. The van der Waals surface area contributed by atoms with E-state index in [1.807, 2.05) is 0 Å². The molecule has 1 aliphatic rings. The van der Waals surface area contributed by atoms with Crippen LogP contribution in [0.5, 0.6) is 0 Å². The Morgan fingerprint density at radius 2 is 1.90 bits per heavy atom. The topological polar surface area (TPSA) is 102 Å². The van der Waals surface area contributed by atoms with Crippen LogP contribution in [0, 0.1) is 22.9 Å². The van der Waals surface area contributed by atoms with Gasteiger partial charge >= 0.3 is 0 Å². The van der Waals surface area contributed by atoms with E-state index < -0.39 is 4.92 Å². The first-order valence-electron chi connectivity index (χ1n) is 9.56. The SMILES string of the molecule is Cc1ccc(C(=O)N2CCC(c3nc(-c4ccc(F)cc4)no3)CC2)cc1[N+](=O)[O-]. The molecule has 154 valence electrons. The third-order valence-electron chi connectivity index (χ3n) is 5.33. The van der Waals surface area contributed by atoms with Crippen LogP contribution in [0.1, 0.15) is 40.6 Å². The molecule has 4 rings (SSSR count). The first-order valence-corrected chi connectivity index (χ1v) is 9.56. The van der Waals surface area contributed by atoms with E-state index in [1.165, 1.54) is 18.2 Å². The first-order chi connectivity index (χ1) is 14.4. The number of carbonyl (C=O) groups excluding carboxylic acids is 1. The zero-order chi connectivity index (χ0) is 21.3. The van der Waals surface area contributed by atoms with Crippen molar-refractivity contribution in [3.05, 3.63) is 75.4 Å². The van der Waals surface area contributed by atoms with Gasteiger partial charge in [-0.2, -0.15) is 4.98 Å². The number of rotatable bonds is 4. The molecule has 1 aromatic heterocycles. The highest BCUT2D eigenvalue weighted by Gasteiger charge is 2.29. The number of aryl methyl sites for hydroxylation is 1. The van der Waals surface area contributed by atoms with Crippen molar-refractivity contribution < 1.29 is 18.6 Å². The maximum Gasteiger partial charge on any atom is 0.273 e. The maximum absolute atomic E-state index is 13.1. The van der Waals surface area contributed by atoms with Gasteiger partial charge in [-0.1, -0.05) is 11.2 Å². The predicted molar refractivity (Wildman–Crippen MR) is 105 cm³/mol. The van der Waals surface area contributed by atoms with Gasteiger partial charge < -0.3 is 9.42 Å². The molecule has 8 nitrogen and oxygen atoms in total. The smallest absolute Gasteiger partial charge is 0.273 e. The Kier molecular flexibility index (Phi) is 5.26. The number of halogens is 1. The molecule has 0 unspecified atom stereocenters. The van der Waals surface area contributed by atoms with Crippen molar-refractivity contribution >= 4 is 11.6 Å². The van der Waals surface area contributed by atoms with Crippen LogP contribution in [-0.4, -0.2) is 39.0 Å². The van der Waals surface area contributed by atoms with Crippen molar-refractivity contribution in [1.82, 2.24) is 15.0 Å². The van der Waals surface area contributed by atoms with Gasteiger partial charge in [0.15, 0.2) is 0 Å². The number of carbonyl (C=O) groups is 1. The molecule has 0 radical (unpaired) electrons. The summed E-state index contributed by atoms with van der Waals surface area (Å²) < 4.78 is 18.5. The van der Waals surface area contributed by atoms with E-state index in [0.29, 0.717) is 54.3 Å². The molecule has 0 saturated carbocycles. The summed E-state index contributed by atoms with van der Waals surface area (Å²) in [6, 6.07) is 10.4. The number of nitro groups is 1. The van der Waals surface area contributed by atoms with Crippen molar-refractivity contribution in [2.45, 2.75) is 25.7 Å².